The van der Waals surface area contributed by atoms with Crippen LogP contribution in [0.2, 0.25) is 5.02 Å². The summed E-state index contributed by atoms with van der Waals surface area (Å²) >= 11 is 7.58. The molecule has 0 fully saturated rings. The third-order valence-electron chi connectivity index (χ3n) is 4.46. The smallest absolute Gasteiger partial charge is 0.242 e. The van der Waals surface area contributed by atoms with Crippen molar-refractivity contribution in [2.24, 2.45) is 0 Å². The van der Waals surface area contributed by atoms with E-state index in [0.29, 0.717) is 22.9 Å². The molecule has 2 aromatic rings. The number of carbonyl (C=O) groups is 2. The van der Waals surface area contributed by atoms with E-state index < -0.39 is 6.04 Å². The van der Waals surface area contributed by atoms with Crippen molar-refractivity contribution >= 4 is 35.2 Å². The quantitative estimate of drug-likeness (QED) is 0.589. The van der Waals surface area contributed by atoms with E-state index in [9.17, 15) is 14.0 Å². The number of nitrogens with zero attached hydrogens (tertiary/aromatic N) is 1. The largest absolute Gasteiger partial charge is 0.354 e. The van der Waals surface area contributed by atoms with Crippen molar-refractivity contribution in [1.82, 2.24) is 10.2 Å². The number of amides is 2. The lowest BCUT2D eigenvalue weighted by atomic mass is 10.1. The zero-order valence-corrected chi connectivity index (χ0v) is 18.2. The Hall–Kier alpha value is -2.05. The molecule has 0 aliphatic rings. The van der Waals surface area contributed by atoms with Crippen molar-refractivity contribution in [2.75, 3.05) is 12.3 Å². The van der Waals surface area contributed by atoms with Gasteiger partial charge in [-0.15, -0.1) is 11.8 Å². The van der Waals surface area contributed by atoms with E-state index in [4.69, 9.17) is 11.6 Å². The van der Waals surface area contributed by atoms with E-state index in [1.54, 1.807) is 31.2 Å². The summed E-state index contributed by atoms with van der Waals surface area (Å²) in [7, 11) is 0. The fourth-order valence-corrected chi connectivity index (χ4v) is 3.83. The maximum absolute atomic E-state index is 13.8. The lowest BCUT2D eigenvalue weighted by molar-refractivity contribution is -0.138. The molecule has 0 saturated carbocycles. The highest BCUT2D eigenvalue weighted by Gasteiger charge is 2.26. The SMILES string of the molecule is CCCNC(=O)[C@H](C)N(Cc1ccccc1Cl)C(=O)CSCc1ccccc1F. The molecule has 1 N–H and O–H groups in total. The minimum Gasteiger partial charge on any atom is -0.354 e. The standard InChI is InChI=1S/C22H26ClFN2O2S/c1-3-12-25-22(28)16(2)26(13-17-8-4-6-10-19(17)23)21(27)15-29-14-18-9-5-7-11-20(18)24/h4-11,16H,3,12-15H2,1-2H3,(H,25,28)/t16-/m0/s1. The lowest BCUT2D eigenvalue weighted by Gasteiger charge is -2.29. The molecule has 0 saturated heterocycles. The Bertz CT molecular complexity index is 834. The third kappa shape index (κ3) is 7.05. The van der Waals surface area contributed by atoms with E-state index in [1.165, 1.54) is 22.7 Å². The molecule has 0 bridgehead atoms. The lowest BCUT2D eigenvalue weighted by Crippen LogP contribution is -2.48. The van der Waals surface area contributed by atoms with Crippen molar-refractivity contribution in [3.05, 3.63) is 70.5 Å². The Balaban J connectivity index is 2.08. The first-order valence-corrected chi connectivity index (χ1v) is 11.1. The van der Waals surface area contributed by atoms with Crippen LogP contribution in [0.25, 0.3) is 0 Å². The Labute approximate surface area is 180 Å². The summed E-state index contributed by atoms with van der Waals surface area (Å²) in [6, 6.07) is 13.1. The first-order chi connectivity index (χ1) is 13.9. The van der Waals surface area contributed by atoms with Crippen LogP contribution < -0.4 is 5.32 Å². The maximum atomic E-state index is 13.8. The van der Waals surface area contributed by atoms with Gasteiger partial charge in [0, 0.05) is 23.9 Å². The summed E-state index contributed by atoms with van der Waals surface area (Å²) in [5, 5.41) is 3.38. The van der Waals surface area contributed by atoms with Gasteiger partial charge in [0.2, 0.25) is 11.8 Å². The zero-order valence-electron chi connectivity index (χ0n) is 16.7. The molecule has 0 aliphatic carbocycles. The van der Waals surface area contributed by atoms with Crippen LogP contribution in [0.3, 0.4) is 0 Å². The molecule has 2 amide bonds. The molecule has 0 aromatic heterocycles. The van der Waals surface area contributed by atoms with E-state index in [0.717, 1.165) is 12.0 Å². The summed E-state index contributed by atoms with van der Waals surface area (Å²) < 4.78 is 13.8. The molecule has 0 heterocycles. The number of rotatable bonds is 10. The summed E-state index contributed by atoms with van der Waals surface area (Å²) in [4.78, 5) is 26.9. The monoisotopic (exact) mass is 436 g/mol. The number of nitrogens with one attached hydrogen (secondary N) is 1. The molecular weight excluding hydrogens is 411 g/mol. The van der Waals surface area contributed by atoms with Gasteiger partial charge in [0.15, 0.2) is 0 Å². The number of carbonyl (C=O) groups excluding carboxylic acids is 2. The van der Waals surface area contributed by atoms with Crippen LogP contribution in [0.4, 0.5) is 4.39 Å². The highest BCUT2D eigenvalue weighted by molar-refractivity contribution is 7.99. The molecule has 2 aromatic carbocycles. The Morgan fingerprint density at radius 1 is 1.14 bits per heavy atom. The fraction of sp³-hybridized carbons (Fsp3) is 0.364. The van der Waals surface area contributed by atoms with Crippen LogP contribution in [0.15, 0.2) is 48.5 Å². The van der Waals surface area contributed by atoms with Gasteiger partial charge in [-0.25, -0.2) is 4.39 Å². The Kier molecular flexibility index (Phi) is 9.48. The Morgan fingerprint density at radius 3 is 2.45 bits per heavy atom. The van der Waals surface area contributed by atoms with E-state index >= 15 is 0 Å². The van der Waals surface area contributed by atoms with Crippen LogP contribution in [-0.2, 0) is 21.9 Å². The van der Waals surface area contributed by atoms with Gasteiger partial charge in [0.1, 0.15) is 11.9 Å². The van der Waals surface area contributed by atoms with Crippen LogP contribution >= 0.6 is 23.4 Å². The highest BCUT2D eigenvalue weighted by atomic mass is 35.5. The molecule has 29 heavy (non-hydrogen) atoms. The number of benzene rings is 2. The van der Waals surface area contributed by atoms with Crippen LogP contribution in [0, 0.1) is 5.82 Å². The molecule has 1 atom stereocenters. The second-order valence-electron chi connectivity index (χ2n) is 6.66. The average Bonchev–Trinajstić information content (AvgIpc) is 2.72. The molecule has 0 unspecified atom stereocenters. The molecule has 7 heteroatoms. The summed E-state index contributed by atoms with van der Waals surface area (Å²) in [5.41, 5.74) is 1.33. The molecule has 0 aliphatic heterocycles. The molecule has 2 rings (SSSR count). The second-order valence-corrected chi connectivity index (χ2v) is 8.06. The third-order valence-corrected chi connectivity index (χ3v) is 5.79. The number of hydrogen-bond acceptors (Lipinski definition) is 3. The molecule has 156 valence electrons. The molecule has 4 nitrogen and oxygen atoms in total. The van der Waals surface area contributed by atoms with Gasteiger partial charge in [-0.05, 0) is 36.6 Å². The fourth-order valence-electron chi connectivity index (χ4n) is 2.74. The van der Waals surface area contributed by atoms with Gasteiger partial charge in [-0.2, -0.15) is 0 Å². The number of thioether (sulfide) groups is 1. The van der Waals surface area contributed by atoms with Crippen molar-refractivity contribution in [3.8, 4) is 0 Å². The van der Waals surface area contributed by atoms with Crippen molar-refractivity contribution < 1.29 is 14.0 Å². The van der Waals surface area contributed by atoms with E-state index in [1.807, 2.05) is 25.1 Å². The predicted molar refractivity (Wildman–Crippen MR) is 117 cm³/mol. The maximum Gasteiger partial charge on any atom is 0.242 e. The predicted octanol–water partition coefficient (Wildman–Crippen LogP) is 4.66. The summed E-state index contributed by atoms with van der Waals surface area (Å²) in [5.74, 6) is -0.150. The minimum atomic E-state index is -0.639. The molecule has 0 spiro atoms. The van der Waals surface area contributed by atoms with Crippen LogP contribution in [0.1, 0.15) is 31.4 Å². The van der Waals surface area contributed by atoms with Crippen LogP contribution in [0.5, 0.6) is 0 Å². The number of hydrogen-bond donors (Lipinski definition) is 1. The van der Waals surface area contributed by atoms with Crippen molar-refractivity contribution in [2.45, 2.75) is 38.6 Å². The number of halogens is 2. The van der Waals surface area contributed by atoms with Gasteiger partial charge >= 0.3 is 0 Å². The average molecular weight is 437 g/mol. The first kappa shape index (κ1) is 23.2. The second kappa shape index (κ2) is 11.8. The van der Waals surface area contributed by atoms with Crippen LogP contribution in [-0.4, -0.2) is 35.1 Å². The minimum absolute atomic E-state index is 0.143. The van der Waals surface area contributed by atoms with Gasteiger partial charge in [-0.3, -0.25) is 9.59 Å². The van der Waals surface area contributed by atoms with Gasteiger partial charge in [0.05, 0.1) is 5.75 Å². The topological polar surface area (TPSA) is 49.4 Å². The summed E-state index contributed by atoms with van der Waals surface area (Å²) in [6.45, 7) is 4.47. The molecular formula is C22H26ClFN2O2S. The zero-order chi connectivity index (χ0) is 21.2. The van der Waals surface area contributed by atoms with E-state index in [2.05, 4.69) is 5.32 Å². The van der Waals surface area contributed by atoms with E-state index in [-0.39, 0.29) is 29.9 Å². The highest BCUT2D eigenvalue weighted by Crippen LogP contribution is 2.21. The van der Waals surface area contributed by atoms with Crippen molar-refractivity contribution in [1.29, 1.82) is 0 Å². The summed E-state index contributed by atoms with van der Waals surface area (Å²) in [6.07, 6.45) is 0.815. The van der Waals surface area contributed by atoms with Gasteiger partial charge in [-0.1, -0.05) is 54.9 Å². The first-order valence-electron chi connectivity index (χ1n) is 9.55. The molecule has 0 radical (unpaired) electrons. The normalized spacial score (nSPS) is 11.7. The Morgan fingerprint density at radius 2 is 1.79 bits per heavy atom. The van der Waals surface area contributed by atoms with Crippen molar-refractivity contribution in [3.63, 3.8) is 0 Å². The van der Waals surface area contributed by atoms with Gasteiger partial charge < -0.3 is 10.2 Å². The van der Waals surface area contributed by atoms with Gasteiger partial charge in [0.25, 0.3) is 0 Å².